The molecular weight excluding hydrogens is 309 g/mol. The molecule has 0 saturated heterocycles. The van der Waals surface area contributed by atoms with Crippen molar-refractivity contribution in [2.75, 3.05) is 10.6 Å². The van der Waals surface area contributed by atoms with Crippen molar-refractivity contribution in [1.29, 1.82) is 0 Å². The molecule has 1 atom stereocenters. The van der Waals surface area contributed by atoms with Crippen molar-refractivity contribution in [2.24, 2.45) is 0 Å². The molecule has 1 aliphatic rings. The van der Waals surface area contributed by atoms with Crippen LogP contribution in [-0.4, -0.2) is 18.0 Å². The van der Waals surface area contributed by atoms with E-state index in [0.29, 0.717) is 16.9 Å². The Morgan fingerprint density at radius 1 is 1.14 bits per heavy atom. The molecule has 0 saturated carbocycles. The molecule has 1 aromatic rings. The van der Waals surface area contributed by atoms with Crippen LogP contribution >= 0.6 is 11.6 Å². The lowest BCUT2D eigenvalue weighted by molar-refractivity contribution is -0.135. The molecule has 0 aromatic heterocycles. The number of rotatable bonds is 3. The number of hydrogen-bond acceptors (Lipinski definition) is 2. The summed E-state index contributed by atoms with van der Waals surface area (Å²) in [5.41, 5.74) is 1.19. The van der Waals surface area contributed by atoms with Gasteiger partial charge in [-0.2, -0.15) is 13.2 Å². The van der Waals surface area contributed by atoms with Gasteiger partial charge in [-0.15, -0.1) is 11.6 Å². The SMILES string of the molecule is O=C1CC(=O)Nc2cc(C(Cl)CCC(F)(F)F)ccc2N1. The topological polar surface area (TPSA) is 58.2 Å². The van der Waals surface area contributed by atoms with Gasteiger partial charge in [0.25, 0.3) is 0 Å². The molecule has 1 unspecified atom stereocenters. The molecule has 8 heteroatoms. The van der Waals surface area contributed by atoms with Gasteiger partial charge in [0.05, 0.1) is 16.8 Å². The number of amides is 2. The van der Waals surface area contributed by atoms with E-state index in [1.54, 1.807) is 0 Å². The lowest BCUT2D eigenvalue weighted by atomic mass is 10.1. The van der Waals surface area contributed by atoms with Gasteiger partial charge in [-0.3, -0.25) is 9.59 Å². The Labute approximate surface area is 123 Å². The van der Waals surface area contributed by atoms with Gasteiger partial charge in [0.15, 0.2) is 0 Å². The zero-order valence-corrected chi connectivity index (χ0v) is 11.5. The monoisotopic (exact) mass is 320 g/mol. The molecule has 0 spiro atoms. The fourth-order valence-corrected chi connectivity index (χ4v) is 2.21. The van der Waals surface area contributed by atoms with Crippen molar-refractivity contribution in [3.05, 3.63) is 23.8 Å². The van der Waals surface area contributed by atoms with Crippen molar-refractivity contribution in [3.63, 3.8) is 0 Å². The highest BCUT2D eigenvalue weighted by atomic mass is 35.5. The Morgan fingerprint density at radius 2 is 1.76 bits per heavy atom. The van der Waals surface area contributed by atoms with Crippen LogP contribution in [0.4, 0.5) is 24.5 Å². The summed E-state index contributed by atoms with van der Waals surface area (Å²) in [6, 6.07) is 4.52. The van der Waals surface area contributed by atoms with Gasteiger partial charge >= 0.3 is 6.18 Å². The first-order valence-electron chi connectivity index (χ1n) is 6.19. The zero-order valence-electron chi connectivity index (χ0n) is 10.8. The van der Waals surface area contributed by atoms with Crippen LogP contribution in [0.2, 0.25) is 0 Å². The molecule has 2 rings (SSSR count). The smallest absolute Gasteiger partial charge is 0.324 e. The van der Waals surface area contributed by atoms with Gasteiger partial charge in [-0.25, -0.2) is 0 Å². The van der Waals surface area contributed by atoms with E-state index in [-0.39, 0.29) is 12.8 Å². The first kappa shape index (κ1) is 15.6. The second-order valence-electron chi connectivity index (χ2n) is 4.70. The predicted octanol–water partition coefficient (Wildman–Crippen LogP) is 3.59. The Hall–Kier alpha value is -1.76. The van der Waals surface area contributed by atoms with Crippen molar-refractivity contribution in [2.45, 2.75) is 30.8 Å². The van der Waals surface area contributed by atoms with Crippen molar-refractivity contribution in [1.82, 2.24) is 0 Å². The molecule has 2 amide bonds. The molecule has 2 N–H and O–H groups in total. The van der Waals surface area contributed by atoms with Crippen molar-refractivity contribution in [3.8, 4) is 0 Å². The van der Waals surface area contributed by atoms with E-state index in [1.807, 2.05) is 0 Å². The van der Waals surface area contributed by atoms with E-state index >= 15 is 0 Å². The van der Waals surface area contributed by atoms with Gasteiger partial charge in [0.2, 0.25) is 11.8 Å². The summed E-state index contributed by atoms with van der Waals surface area (Å²) in [5.74, 6) is -0.927. The Balaban J connectivity index is 2.16. The predicted molar refractivity (Wildman–Crippen MR) is 72.2 cm³/mol. The van der Waals surface area contributed by atoms with E-state index in [2.05, 4.69) is 10.6 Å². The highest BCUT2D eigenvalue weighted by Gasteiger charge is 2.28. The van der Waals surface area contributed by atoms with Gasteiger partial charge in [0, 0.05) is 6.42 Å². The average Bonchev–Trinajstić information content (AvgIpc) is 2.50. The molecule has 0 radical (unpaired) electrons. The summed E-state index contributed by atoms with van der Waals surface area (Å²) in [6.07, 6.45) is -5.81. The molecule has 0 bridgehead atoms. The molecule has 114 valence electrons. The Morgan fingerprint density at radius 3 is 2.38 bits per heavy atom. The number of benzene rings is 1. The first-order valence-corrected chi connectivity index (χ1v) is 6.63. The third-order valence-corrected chi connectivity index (χ3v) is 3.43. The fourth-order valence-electron chi connectivity index (χ4n) is 1.96. The number of hydrogen-bond donors (Lipinski definition) is 2. The third-order valence-electron chi connectivity index (χ3n) is 2.96. The van der Waals surface area contributed by atoms with Crippen molar-refractivity contribution < 1.29 is 22.8 Å². The molecule has 1 aromatic carbocycles. The summed E-state index contributed by atoms with van der Waals surface area (Å²) in [7, 11) is 0. The first-order chi connectivity index (χ1) is 9.74. The molecule has 0 aliphatic carbocycles. The van der Waals surface area contributed by atoms with Gasteiger partial charge in [0.1, 0.15) is 6.42 Å². The molecular formula is C13H12ClF3N2O2. The van der Waals surface area contributed by atoms with Crippen molar-refractivity contribution >= 4 is 34.8 Å². The van der Waals surface area contributed by atoms with Crippen LogP contribution in [0, 0.1) is 0 Å². The number of carbonyl (C=O) groups excluding carboxylic acids is 2. The standard InChI is InChI=1S/C13H12ClF3N2O2/c14-8(3-4-13(15,16)17)7-1-2-9-10(5-7)19-12(21)6-11(20)18-9/h1-2,5,8H,3-4,6H2,(H,18,20)(H,19,21). The molecule has 1 aliphatic heterocycles. The fraction of sp³-hybridized carbons (Fsp3) is 0.385. The minimum absolute atomic E-state index is 0.260. The van der Waals surface area contributed by atoms with Gasteiger partial charge in [-0.1, -0.05) is 6.07 Å². The molecule has 4 nitrogen and oxygen atoms in total. The summed E-state index contributed by atoms with van der Waals surface area (Å²) >= 11 is 5.96. The number of nitrogens with one attached hydrogen (secondary N) is 2. The maximum atomic E-state index is 12.2. The van der Waals surface area contributed by atoms with Gasteiger partial charge in [-0.05, 0) is 24.1 Å². The lowest BCUT2D eigenvalue weighted by Crippen LogP contribution is -2.16. The maximum Gasteiger partial charge on any atom is 0.389 e. The second-order valence-corrected chi connectivity index (χ2v) is 5.23. The van der Waals surface area contributed by atoms with E-state index in [1.165, 1.54) is 18.2 Å². The van der Waals surface area contributed by atoms with Gasteiger partial charge < -0.3 is 10.6 Å². The summed E-state index contributed by atoms with van der Waals surface area (Å²) in [4.78, 5) is 22.8. The normalized spacial score (nSPS) is 16.6. The number of carbonyl (C=O) groups is 2. The quantitative estimate of drug-likeness (QED) is 0.660. The Bertz CT molecular complexity index is 575. The largest absolute Gasteiger partial charge is 0.389 e. The lowest BCUT2D eigenvalue weighted by Gasteiger charge is -2.14. The molecule has 1 heterocycles. The number of alkyl halides is 4. The number of halogens is 4. The Kier molecular flexibility index (Phi) is 4.41. The van der Waals surface area contributed by atoms with Crippen LogP contribution in [0.15, 0.2) is 18.2 Å². The van der Waals surface area contributed by atoms with Crippen LogP contribution < -0.4 is 10.6 Å². The van der Waals surface area contributed by atoms with E-state index < -0.39 is 29.8 Å². The van der Waals surface area contributed by atoms with E-state index in [9.17, 15) is 22.8 Å². The zero-order chi connectivity index (χ0) is 15.6. The average molecular weight is 321 g/mol. The number of anilines is 2. The highest BCUT2D eigenvalue weighted by molar-refractivity contribution is 6.21. The van der Waals surface area contributed by atoms with Crippen LogP contribution in [0.5, 0.6) is 0 Å². The minimum Gasteiger partial charge on any atom is -0.324 e. The second kappa shape index (κ2) is 5.93. The molecule has 21 heavy (non-hydrogen) atoms. The summed E-state index contributed by atoms with van der Waals surface area (Å²) in [5, 5.41) is 4.22. The minimum atomic E-state index is -4.26. The van der Waals surface area contributed by atoms with E-state index in [4.69, 9.17) is 11.6 Å². The van der Waals surface area contributed by atoms with E-state index in [0.717, 1.165) is 0 Å². The van der Waals surface area contributed by atoms with Crippen LogP contribution in [0.3, 0.4) is 0 Å². The molecule has 0 fully saturated rings. The summed E-state index contributed by atoms with van der Waals surface area (Å²) < 4.78 is 36.6. The van der Waals surface area contributed by atoms with Crippen LogP contribution in [-0.2, 0) is 9.59 Å². The van der Waals surface area contributed by atoms with Crippen LogP contribution in [0.1, 0.15) is 30.2 Å². The number of fused-ring (bicyclic) bond motifs is 1. The van der Waals surface area contributed by atoms with Crippen LogP contribution in [0.25, 0.3) is 0 Å². The highest BCUT2D eigenvalue weighted by Crippen LogP contribution is 2.35. The summed E-state index contributed by atoms with van der Waals surface area (Å²) in [6.45, 7) is 0. The third kappa shape index (κ3) is 4.35. The maximum absolute atomic E-state index is 12.2.